The van der Waals surface area contributed by atoms with Gasteiger partial charge in [-0.1, -0.05) is 33.3 Å². The highest BCUT2D eigenvalue weighted by molar-refractivity contribution is 6.10. The molecular weight excluding hydrogens is 373 g/mol. The van der Waals surface area contributed by atoms with E-state index in [1.165, 1.54) is 12.1 Å². The van der Waals surface area contributed by atoms with Crippen LogP contribution in [0.2, 0.25) is 0 Å². The molecule has 2 N–H and O–H groups in total. The lowest BCUT2D eigenvalue weighted by Crippen LogP contribution is -2.51. The van der Waals surface area contributed by atoms with Gasteiger partial charge in [0.2, 0.25) is 5.91 Å². The zero-order valence-electron chi connectivity index (χ0n) is 17.6. The molecule has 1 aromatic rings. The first-order valence-electron chi connectivity index (χ1n) is 10.3. The standard InChI is InChI=1S/C22H30FN3O3/c1-5-21(3,4)15-8-10-22(11-9-15)19(28)26(20(29)25-22)13-18(27)24-17-7-6-14(2)12-16(17)23/h6-7,12,15H,5,8-11,13H2,1-4H3,(H,24,27)(H,25,29). The quantitative estimate of drug-likeness (QED) is 0.730. The Morgan fingerprint density at radius 1 is 1.31 bits per heavy atom. The molecule has 1 spiro atoms. The predicted octanol–water partition coefficient (Wildman–Crippen LogP) is 3.99. The number of carbonyl (C=O) groups excluding carboxylic acids is 3. The van der Waals surface area contributed by atoms with Crippen LogP contribution in [0.15, 0.2) is 18.2 Å². The van der Waals surface area contributed by atoms with Gasteiger partial charge >= 0.3 is 6.03 Å². The van der Waals surface area contributed by atoms with Gasteiger partial charge in [0.15, 0.2) is 0 Å². The van der Waals surface area contributed by atoms with Crippen molar-refractivity contribution >= 4 is 23.5 Å². The van der Waals surface area contributed by atoms with Gasteiger partial charge in [0, 0.05) is 0 Å². The van der Waals surface area contributed by atoms with E-state index in [0.29, 0.717) is 18.8 Å². The maximum atomic E-state index is 14.0. The minimum atomic E-state index is -0.910. The minimum Gasteiger partial charge on any atom is -0.323 e. The molecule has 1 aliphatic carbocycles. The molecule has 158 valence electrons. The van der Waals surface area contributed by atoms with Crippen LogP contribution in [0.1, 0.15) is 58.4 Å². The van der Waals surface area contributed by atoms with Crippen molar-refractivity contribution in [3.8, 4) is 0 Å². The predicted molar refractivity (Wildman–Crippen MR) is 109 cm³/mol. The van der Waals surface area contributed by atoms with E-state index in [1.54, 1.807) is 13.0 Å². The topological polar surface area (TPSA) is 78.5 Å². The fourth-order valence-corrected chi connectivity index (χ4v) is 4.39. The maximum Gasteiger partial charge on any atom is 0.325 e. The average molecular weight is 403 g/mol. The van der Waals surface area contributed by atoms with Crippen LogP contribution >= 0.6 is 0 Å². The van der Waals surface area contributed by atoms with E-state index >= 15 is 0 Å². The number of amides is 4. The summed E-state index contributed by atoms with van der Waals surface area (Å²) in [6.45, 7) is 7.97. The lowest BCUT2D eigenvalue weighted by molar-refractivity contribution is -0.135. The molecule has 0 unspecified atom stereocenters. The van der Waals surface area contributed by atoms with Crippen LogP contribution in [-0.4, -0.2) is 34.8 Å². The van der Waals surface area contributed by atoms with E-state index in [-0.39, 0.29) is 17.0 Å². The summed E-state index contributed by atoms with van der Waals surface area (Å²) in [5.74, 6) is -1.00. The first-order valence-corrected chi connectivity index (χ1v) is 10.3. The molecule has 1 saturated heterocycles. The first kappa shape index (κ1) is 21.3. The lowest BCUT2D eigenvalue weighted by Gasteiger charge is -2.42. The highest BCUT2D eigenvalue weighted by Crippen LogP contribution is 2.45. The Morgan fingerprint density at radius 3 is 2.55 bits per heavy atom. The number of hydrogen-bond donors (Lipinski definition) is 2. The monoisotopic (exact) mass is 403 g/mol. The molecule has 1 heterocycles. The Kier molecular flexibility index (Phi) is 5.70. The fraction of sp³-hybridized carbons (Fsp3) is 0.591. The van der Waals surface area contributed by atoms with Crippen molar-refractivity contribution in [1.29, 1.82) is 0 Å². The van der Waals surface area contributed by atoms with Crippen molar-refractivity contribution < 1.29 is 18.8 Å². The summed E-state index contributed by atoms with van der Waals surface area (Å²) in [5, 5.41) is 5.27. The van der Waals surface area contributed by atoms with Crippen LogP contribution in [0.25, 0.3) is 0 Å². The van der Waals surface area contributed by atoms with E-state index < -0.39 is 29.8 Å². The highest BCUT2D eigenvalue weighted by atomic mass is 19.1. The van der Waals surface area contributed by atoms with E-state index in [0.717, 1.165) is 29.7 Å². The molecule has 0 atom stereocenters. The smallest absolute Gasteiger partial charge is 0.323 e. The summed E-state index contributed by atoms with van der Waals surface area (Å²) in [6.07, 6.45) is 3.95. The summed E-state index contributed by atoms with van der Waals surface area (Å²) in [6, 6.07) is 3.90. The van der Waals surface area contributed by atoms with Gasteiger partial charge < -0.3 is 10.6 Å². The lowest BCUT2D eigenvalue weighted by atomic mass is 9.65. The van der Waals surface area contributed by atoms with Crippen molar-refractivity contribution in [2.24, 2.45) is 11.3 Å². The zero-order chi connectivity index (χ0) is 21.4. The number of rotatable bonds is 5. The fourth-order valence-electron chi connectivity index (χ4n) is 4.39. The molecular formula is C22H30FN3O3. The van der Waals surface area contributed by atoms with Gasteiger partial charge in [0.25, 0.3) is 5.91 Å². The second kappa shape index (κ2) is 7.76. The van der Waals surface area contributed by atoms with Crippen molar-refractivity contribution in [3.63, 3.8) is 0 Å². The van der Waals surface area contributed by atoms with Crippen molar-refractivity contribution in [1.82, 2.24) is 10.2 Å². The number of halogens is 1. The SMILES string of the molecule is CCC(C)(C)C1CCC2(CC1)NC(=O)N(CC(=O)Nc1ccc(C)cc1F)C2=O. The van der Waals surface area contributed by atoms with Crippen molar-refractivity contribution in [2.75, 3.05) is 11.9 Å². The number of carbonyl (C=O) groups is 3. The Labute approximate surface area is 171 Å². The number of nitrogens with zero attached hydrogens (tertiary/aromatic N) is 1. The molecule has 2 aliphatic rings. The molecule has 7 heteroatoms. The molecule has 1 saturated carbocycles. The maximum absolute atomic E-state index is 14.0. The highest BCUT2D eigenvalue weighted by Gasteiger charge is 2.53. The number of benzene rings is 1. The molecule has 3 rings (SSSR count). The third-order valence-electron chi connectivity index (χ3n) is 6.80. The first-order chi connectivity index (χ1) is 13.6. The van der Waals surface area contributed by atoms with Crippen LogP contribution in [0.4, 0.5) is 14.9 Å². The Hall–Kier alpha value is -2.44. The molecule has 1 aromatic carbocycles. The van der Waals surface area contributed by atoms with Crippen LogP contribution in [0.3, 0.4) is 0 Å². The number of hydrogen-bond acceptors (Lipinski definition) is 3. The zero-order valence-corrected chi connectivity index (χ0v) is 17.6. The van der Waals surface area contributed by atoms with Crippen LogP contribution in [0, 0.1) is 24.1 Å². The third kappa shape index (κ3) is 4.14. The summed E-state index contributed by atoms with van der Waals surface area (Å²) in [5.41, 5.74) is 0.0562. The minimum absolute atomic E-state index is 0.0321. The summed E-state index contributed by atoms with van der Waals surface area (Å²) < 4.78 is 14.0. The Morgan fingerprint density at radius 2 is 1.97 bits per heavy atom. The molecule has 0 radical (unpaired) electrons. The normalized spacial score (nSPS) is 24.7. The summed E-state index contributed by atoms with van der Waals surface area (Å²) in [4.78, 5) is 38.7. The van der Waals surface area contributed by atoms with E-state index in [9.17, 15) is 18.8 Å². The van der Waals surface area contributed by atoms with Gasteiger partial charge in [-0.15, -0.1) is 0 Å². The van der Waals surface area contributed by atoms with Crippen molar-refractivity contribution in [3.05, 3.63) is 29.6 Å². The van der Waals surface area contributed by atoms with Gasteiger partial charge in [0.05, 0.1) is 5.69 Å². The molecule has 0 bridgehead atoms. The molecule has 6 nitrogen and oxygen atoms in total. The summed E-state index contributed by atoms with van der Waals surface area (Å²) in [7, 11) is 0. The van der Waals surface area contributed by atoms with Crippen LogP contribution in [0.5, 0.6) is 0 Å². The van der Waals surface area contributed by atoms with Crippen molar-refractivity contribution in [2.45, 2.75) is 65.3 Å². The van der Waals surface area contributed by atoms with Gasteiger partial charge in [0.1, 0.15) is 17.9 Å². The second-order valence-corrected chi connectivity index (χ2v) is 9.05. The van der Waals surface area contributed by atoms with Gasteiger partial charge in [-0.2, -0.15) is 0 Å². The molecule has 0 aromatic heterocycles. The molecule has 2 fully saturated rings. The largest absolute Gasteiger partial charge is 0.325 e. The number of anilines is 1. The third-order valence-corrected chi connectivity index (χ3v) is 6.80. The number of aryl methyl sites for hydroxylation is 1. The average Bonchev–Trinajstić information content (AvgIpc) is 2.88. The number of imide groups is 1. The number of nitrogens with one attached hydrogen (secondary N) is 2. The second-order valence-electron chi connectivity index (χ2n) is 9.05. The van der Waals surface area contributed by atoms with Gasteiger partial charge in [-0.25, -0.2) is 9.18 Å². The van der Waals surface area contributed by atoms with E-state index in [1.807, 2.05) is 0 Å². The van der Waals surface area contributed by atoms with E-state index in [4.69, 9.17) is 0 Å². The Bertz CT molecular complexity index is 829. The van der Waals surface area contributed by atoms with Crippen LogP contribution < -0.4 is 10.6 Å². The van der Waals surface area contributed by atoms with Gasteiger partial charge in [-0.3, -0.25) is 14.5 Å². The Balaban J connectivity index is 1.64. The molecule has 4 amide bonds. The molecule has 1 aliphatic heterocycles. The van der Waals surface area contributed by atoms with E-state index in [2.05, 4.69) is 31.4 Å². The van der Waals surface area contributed by atoms with Crippen LogP contribution in [-0.2, 0) is 9.59 Å². The number of urea groups is 1. The van der Waals surface area contributed by atoms with Gasteiger partial charge in [-0.05, 0) is 61.6 Å². The molecule has 29 heavy (non-hydrogen) atoms. The summed E-state index contributed by atoms with van der Waals surface area (Å²) >= 11 is 0.